The second kappa shape index (κ2) is 8.19. The lowest BCUT2D eigenvalue weighted by Crippen LogP contribution is -1.99. The third-order valence-electron chi connectivity index (χ3n) is 7.41. The summed E-state index contributed by atoms with van der Waals surface area (Å²) >= 11 is 0. The van der Waals surface area contributed by atoms with E-state index < -0.39 is 0 Å². The summed E-state index contributed by atoms with van der Waals surface area (Å²) in [5, 5.41) is 2.34. The van der Waals surface area contributed by atoms with Crippen LogP contribution in [-0.2, 0) is 0 Å². The fraction of sp³-hybridized carbons (Fsp3) is 0. The maximum atomic E-state index is 6.32. The Labute approximate surface area is 220 Å². The molecule has 0 spiro atoms. The second-order valence-electron chi connectivity index (χ2n) is 9.61. The second-order valence-corrected chi connectivity index (χ2v) is 9.61. The van der Waals surface area contributed by atoms with Gasteiger partial charge in [0.05, 0.1) is 11.0 Å². The van der Waals surface area contributed by atoms with Gasteiger partial charge in [0.1, 0.15) is 17.3 Å². The molecule has 38 heavy (non-hydrogen) atoms. The first kappa shape index (κ1) is 21.0. The Bertz CT molecular complexity index is 2000. The van der Waals surface area contributed by atoms with E-state index in [0.717, 1.165) is 56.1 Å². The van der Waals surface area contributed by atoms with Crippen molar-refractivity contribution in [2.75, 3.05) is 0 Å². The molecular weight excluding hydrogens is 464 g/mol. The molecule has 0 N–H and O–H groups in total. The average Bonchev–Trinajstić information content (AvgIpc) is 3.38. The van der Waals surface area contributed by atoms with Crippen LogP contribution >= 0.6 is 0 Å². The molecule has 0 radical (unpaired) electrons. The molecule has 2 heterocycles. The number of hydrogen-bond donors (Lipinski definition) is 0. The fourth-order valence-electron chi connectivity index (χ4n) is 5.71. The van der Waals surface area contributed by atoms with Gasteiger partial charge in [-0.3, -0.25) is 4.57 Å². The lowest BCUT2D eigenvalue weighted by Gasteiger charge is -2.22. The molecule has 0 unspecified atom stereocenters. The molecule has 0 atom stereocenters. The van der Waals surface area contributed by atoms with Gasteiger partial charge in [0.25, 0.3) is 0 Å². The van der Waals surface area contributed by atoms with Crippen LogP contribution in [0.15, 0.2) is 133 Å². The lowest BCUT2D eigenvalue weighted by atomic mass is 9.90. The third-order valence-corrected chi connectivity index (χ3v) is 7.41. The zero-order chi connectivity index (χ0) is 25.1. The van der Waals surface area contributed by atoms with E-state index in [1.165, 1.54) is 16.5 Å². The maximum Gasteiger partial charge on any atom is 0.145 e. The molecule has 7 aromatic rings. The smallest absolute Gasteiger partial charge is 0.145 e. The topological polar surface area (TPSA) is 27.1 Å². The van der Waals surface area contributed by atoms with E-state index in [1.54, 1.807) is 0 Å². The molecule has 0 saturated heterocycles. The monoisotopic (exact) mass is 486 g/mol. The van der Waals surface area contributed by atoms with E-state index >= 15 is 0 Å². The molecule has 3 heteroatoms. The molecule has 8 rings (SSSR count). The SMILES string of the molecule is c1ccc(-c2nc3ccccc3n2-c2cccc(-c3ccc4c5c(cccc35)-c3ccccc3O4)c2)cc1. The summed E-state index contributed by atoms with van der Waals surface area (Å²) in [6.07, 6.45) is 0. The van der Waals surface area contributed by atoms with E-state index in [1.807, 2.05) is 24.3 Å². The van der Waals surface area contributed by atoms with Gasteiger partial charge in [-0.25, -0.2) is 4.98 Å². The molecule has 0 bridgehead atoms. The summed E-state index contributed by atoms with van der Waals surface area (Å²) in [4.78, 5) is 5.02. The van der Waals surface area contributed by atoms with E-state index in [9.17, 15) is 0 Å². The van der Waals surface area contributed by atoms with Crippen molar-refractivity contribution in [2.45, 2.75) is 0 Å². The first-order valence-corrected chi connectivity index (χ1v) is 12.8. The number of imidazole rings is 1. The fourth-order valence-corrected chi connectivity index (χ4v) is 5.71. The van der Waals surface area contributed by atoms with Gasteiger partial charge in [-0.05, 0) is 58.5 Å². The molecule has 0 aliphatic carbocycles. The highest BCUT2D eigenvalue weighted by molar-refractivity contribution is 6.10. The summed E-state index contributed by atoms with van der Waals surface area (Å²) in [5.74, 6) is 2.75. The van der Waals surface area contributed by atoms with Crippen molar-refractivity contribution in [2.24, 2.45) is 0 Å². The van der Waals surface area contributed by atoms with Gasteiger partial charge in [0.2, 0.25) is 0 Å². The van der Waals surface area contributed by atoms with Gasteiger partial charge in [0, 0.05) is 22.2 Å². The number of aromatic nitrogens is 2. The molecule has 6 aromatic carbocycles. The normalized spacial score (nSPS) is 11.9. The zero-order valence-corrected chi connectivity index (χ0v) is 20.5. The first-order valence-electron chi connectivity index (χ1n) is 12.8. The first-order chi connectivity index (χ1) is 18.8. The summed E-state index contributed by atoms with van der Waals surface area (Å²) < 4.78 is 8.59. The molecule has 3 nitrogen and oxygen atoms in total. The molecule has 178 valence electrons. The van der Waals surface area contributed by atoms with Crippen LogP contribution in [0, 0.1) is 0 Å². The van der Waals surface area contributed by atoms with E-state index in [-0.39, 0.29) is 0 Å². The Kier molecular flexibility index (Phi) is 4.52. The minimum atomic E-state index is 0.904. The highest BCUT2D eigenvalue weighted by Crippen LogP contribution is 2.48. The zero-order valence-electron chi connectivity index (χ0n) is 20.5. The minimum Gasteiger partial charge on any atom is -0.456 e. The van der Waals surface area contributed by atoms with Crippen LogP contribution in [0.3, 0.4) is 0 Å². The van der Waals surface area contributed by atoms with Crippen LogP contribution in [0.5, 0.6) is 11.5 Å². The van der Waals surface area contributed by atoms with E-state index in [2.05, 4.69) is 114 Å². The molecule has 0 fully saturated rings. The van der Waals surface area contributed by atoms with Crippen LogP contribution in [-0.4, -0.2) is 9.55 Å². The molecule has 1 aliphatic heterocycles. The van der Waals surface area contributed by atoms with Crippen molar-refractivity contribution in [1.29, 1.82) is 0 Å². The Morgan fingerprint density at radius 2 is 1.29 bits per heavy atom. The van der Waals surface area contributed by atoms with Crippen molar-refractivity contribution in [1.82, 2.24) is 9.55 Å². The van der Waals surface area contributed by atoms with Crippen LogP contribution in [0.1, 0.15) is 0 Å². The highest BCUT2D eigenvalue weighted by Gasteiger charge is 2.21. The van der Waals surface area contributed by atoms with Crippen LogP contribution in [0.25, 0.3) is 61.1 Å². The minimum absolute atomic E-state index is 0.904. The van der Waals surface area contributed by atoms with Crippen molar-refractivity contribution < 1.29 is 4.74 Å². The van der Waals surface area contributed by atoms with Gasteiger partial charge in [-0.1, -0.05) is 97.1 Å². The molecule has 1 aliphatic rings. The summed E-state index contributed by atoms with van der Waals surface area (Å²) in [5.41, 5.74) is 8.92. The maximum absolute atomic E-state index is 6.32. The van der Waals surface area contributed by atoms with Crippen molar-refractivity contribution in [3.8, 4) is 50.8 Å². The van der Waals surface area contributed by atoms with Crippen molar-refractivity contribution in [3.63, 3.8) is 0 Å². The van der Waals surface area contributed by atoms with Crippen LogP contribution in [0.4, 0.5) is 0 Å². The van der Waals surface area contributed by atoms with Crippen molar-refractivity contribution >= 4 is 21.8 Å². The van der Waals surface area contributed by atoms with Gasteiger partial charge in [0.15, 0.2) is 0 Å². The van der Waals surface area contributed by atoms with Gasteiger partial charge in [-0.15, -0.1) is 0 Å². The number of para-hydroxylation sites is 3. The van der Waals surface area contributed by atoms with Gasteiger partial charge >= 0.3 is 0 Å². The van der Waals surface area contributed by atoms with E-state index in [4.69, 9.17) is 9.72 Å². The number of rotatable bonds is 3. The standard InChI is InChI=1S/C35H22N2O/c1-2-10-23(11-3-1)35-36-30-17-5-6-18-31(30)37(35)25-13-8-12-24(22-25)26-20-21-33-34-28(26)15-9-16-29(34)27-14-4-7-19-32(27)38-33/h1-22H. The Morgan fingerprint density at radius 1 is 0.526 bits per heavy atom. The molecule has 1 aromatic heterocycles. The number of ether oxygens (including phenoxy) is 1. The Hall–Kier alpha value is -5.15. The number of hydrogen-bond acceptors (Lipinski definition) is 2. The van der Waals surface area contributed by atoms with Crippen LogP contribution in [0.2, 0.25) is 0 Å². The average molecular weight is 487 g/mol. The summed E-state index contributed by atoms with van der Waals surface area (Å²) in [7, 11) is 0. The molecule has 0 amide bonds. The number of nitrogens with zero attached hydrogens (tertiary/aromatic N) is 2. The number of fused-ring (bicyclic) bond motifs is 3. The van der Waals surface area contributed by atoms with Crippen LogP contribution < -0.4 is 4.74 Å². The lowest BCUT2D eigenvalue weighted by molar-refractivity contribution is 0.487. The molecule has 0 saturated carbocycles. The third kappa shape index (κ3) is 3.12. The van der Waals surface area contributed by atoms with Crippen molar-refractivity contribution in [3.05, 3.63) is 133 Å². The van der Waals surface area contributed by atoms with E-state index in [0.29, 0.717) is 0 Å². The number of benzene rings is 6. The largest absolute Gasteiger partial charge is 0.456 e. The Morgan fingerprint density at radius 3 is 2.24 bits per heavy atom. The predicted molar refractivity (Wildman–Crippen MR) is 155 cm³/mol. The predicted octanol–water partition coefficient (Wildman–Crippen LogP) is 9.29. The Balaban J connectivity index is 1.35. The van der Waals surface area contributed by atoms with Gasteiger partial charge < -0.3 is 4.74 Å². The van der Waals surface area contributed by atoms with Gasteiger partial charge in [-0.2, -0.15) is 0 Å². The molecular formula is C35H22N2O. The quantitative estimate of drug-likeness (QED) is 0.249. The summed E-state index contributed by atoms with van der Waals surface area (Å²) in [6, 6.07) is 46.5. The highest BCUT2D eigenvalue weighted by atomic mass is 16.5. The summed E-state index contributed by atoms with van der Waals surface area (Å²) in [6.45, 7) is 0.